The molecular formula is C21H24N4O2. The number of carbonyl (C=O) groups is 1. The Balaban J connectivity index is 1.65. The van der Waals surface area contributed by atoms with Gasteiger partial charge in [-0.2, -0.15) is 0 Å². The average molecular weight is 364 g/mol. The van der Waals surface area contributed by atoms with E-state index >= 15 is 0 Å². The zero-order valence-corrected chi connectivity index (χ0v) is 15.6. The van der Waals surface area contributed by atoms with Crippen molar-refractivity contribution in [1.82, 2.24) is 20.2 Å². The minimum atomic E-state index is -0.159. The van der Waals surface area contributed by atoms with E-state index in [0.29, 0.717) is 29.8 Å². The van der Waals surface area contributed by atoms with Gasteiger partial charge in [-0.3, -0.25) is 14.5 Å². The lowest BCUT2D eigenvalue weighted by atomic mass is 10.1. The van der Waals surface area contributed by atoms with E-state index < -0.39 is 0 Å². The molecule has 0 aliphatic rings. The van der Waals surface area contributed by atoms with Crippen LogP contribution in [0.25, 0.3) is 10.9 Å². The topological polar surface area (TPSA) is 78.1 Å². The molecular weight excluding hydrogens is 340 g/mol. The van der Waals surface area contributed by atoms with E-state index in [4.69, 9.17) is 0 Å². The Hall–Kier alpha value is -2.99. The van der Waals surface area contributed by atoms with Gasteiger partial charge in [0.05, 0.1) is 30.0 Å². The molecule has 0 aliphatic heterocycles. The maximum Gasteiger partial charge on any atom is 0.258 e. The predicted octanol–water partition coefficient (Wildman–Crippen LogP) is 2.62. The van der Waals surface area contributed by atoms with E-state index in [1.165, 1.54) is 0 Å². The van der Waals surface area contributed by atoms with E-state index in [-0.39, 0.29) is 24.1 Å². The van der Waals surface area contributed by atoms with E-state index in [9.17, 15) is 9.59 Å². The van der Waals surface area contributed by atoms with Gasteiger partial charge in [-0.05, 0) is 31.2 Å². The Bertz CT molecular complexity index is 969. The molecule has 3 rings (SSSR count). The highest BCUT2D eigenvalue weighted by Crippen LogP contribution is 2.11. The van der Waals surface area contributed by atoms with Crippen molar-refractivity contribution in [3.8, 4) is 0 Å². The molecule has 0 unspecified atom stereocenters. The van der Waals surface area contributed by atoms with Crippen LogP contribution in [0.5, 0.6) is 0 Å². The van der Waals surface area contributed by atoms with Gasteiger partial charge < -0.3 is 10.3 Å². The van der Waals surface area contributed by atoms with Crippen LogP contribution >= 0.6 is 0 Å². The molecule has 6 heteroatoms. The van der Waals surface area contributed by atoms with Crippen LogP contribution in [0.2, 0.25) is 0 Å². The number of hydrogen-bond donors (Lipinski definition) is 2. The monoisotopic (exact) mass is 364 g/mol. The summed E-state index contributed by atoms with van der Waals surface area (Å²) in [5.74, 6) is 0.501. The molecule has 0 radical (unpaired) electrons. The lowest BCUT2D eigenvalue weighted by Crippen LogP contribution is -2.38. The largest absolute Gasteiger partial charge is 0.348 e. The fourth-order valence-electron chi connectivity index (χ4n) is 3.02. The van der Waals surface area contributed by atoms with Gasteiger partial charge >= 0.3 is 0 Å². The highest BCUT2D eigenvalue weighted by Gasteiger charge is 2.14. The van der Waals surface area contributed by atoms with Crippen molar-refractivity contribution < 1.29 is 4.79 Å². The van der Waals surface area contributed by atoms with E-state index in [1.54, 1.807) is 6.07 Å². The number of carbonyl (C=O) groups excluding carboxylic acids is 1. The summed E-state index contributed by atoms with van der Waals surface area (Å²) in [7, 11) is 0. The summed E-state index contributed by atoms with van der Waals surface area (Å²) in [5, 5.41) is 3.58. The molecule has 0 saturated heterocycles. The molecule has 1 atom stereocenters. The van der Waals surface area contributed by atoms with Gasteiger partial charge in [0.25, 0.3) is 5.56 Å². The number of para-hydroxylation sites is 1. The molecule has 0 saturated carbocycles. The number of rotatable bonds is 7. The summed E-state index contributed by atoms with van der Waals surface area (Å²) in [5.41, 5.74) is 1.57. The first-order valence-electron chi connectivity index (χ1n) is 9.11. The zero-order valence-electron chi connectivity index (χ0n) is 15.6. The van der Waals surface area contributed by atoms with Crippen LogP contribution in [0.3, 0.4) is 0 Å². The van der Waals surface area contributed by atoms with Crippen molar-refractivity contribution in [2.75, 3.05) is 13.1 Å². The number of hydrogen-bond acceptors (Lipinski definition) is 4. The first-order chi connectivity index (χ1) is 13.1. The van der Waals surface area contributed by atoms with Gasteiger partial charge in [0, 0.05) is 0 Å². The summed E-state index contributed by atoms with van der Waals surface area (Å²) in [6.07, 6.45) is 0. The molecule has 0 bridgehead atoms. The van der Waals surface area contributed by atoms with Crippen LogP contribution in [0.1, 0.15) is 31.3 Å². The number of aromatic amines is 1. The van der Waals surface area contributed by atoms with E-state index in [1.807, 2.05) is 67.3 Å². The second-order valence-corrected chi connectivity index (χ2v) is 6.53. The minimum absolute atomic E-state index is 0.0589. The van der Waals surface area contributed by atoms with Crippen LogP contribution in [-0.2, 0) is 11.3 Å². The first-order valence-corrected chi connectivity index (χ1v) is 9.11. The lowest BCUT2D eigenvalue weighted by molar-refractivity contribution is -0.123. The van der Waals surface area contributed by atoms with Gasteiger partial charge in [-0.1, -0.05) is 49.4 Å². The normalized spacial score (nSPS) is 12.3. The SMILES string of the molecule is CCN(CC(=O)N[C@H](C)c1ccccc1)Cc1nc2ccccc2c(=O)[nH]1. The van der Waals surface area contributed by atoms with Crippen LogP contribution in [-0.4, -0.2) is 33.9 Å². The molecule has 0 aliphatic carbocycles. The molecule has 1 aromatic heterocycles. The van der Waals surface area contributed by atoms with Gasteiger partial charge in [0.2, 0.25) is 5.91 Å². The number of nitrogens with zero attached hydrogens (tertiary/aromatic N) is 2. The Morgan fingerprint density at radius 3 is 2.59 bits per heavy atom. The third-order valence-electron chi connectivity index (χ3n) is 4.53. The van der Waals surface area contributed by atoms with Crippen molar-refractivity contribution in [3.05, 3.63) is 76.3 Å². The first kappa shape index (κ1) is 18.8. The van der Waals surface area contributed by atoms with Gasteiger partial charge in [0.1, 0.15) is 5.82 Å². The number of amides is 1. The van der Waals surface area contributed by atoms with Crippen molar-refractivity contribution >= 4 is 16.8 Å². The minimum Gasteiger partial charge on any atom is -0.348 e. The number of aromatic nitrogens is 2. The summed E-state index contributed by atoms with van der Waals surface area (Å²) >= 11 is 0. The average Bonchev–Trinajstić information content (AvgIpc) is 2.68. The summed E-state index contributed by atoms with van der Waals surface area (Å²) in [6, 6.07) is 17.0. The van der Waals surface area contributed by atoms with Gasteiger partial charge in [0.15, 0.2) is 0 Å². The third-order valence-corrected chi connectivity index (χ3v) is 4.53. The second kappa shape index (κ2) is 8.60. The fraction of sp³-hybridized carbons (Fsp3) is 0.286. The summed E-state index contributed by atoms with van der Waals surface area (Å²) in [6.45, 7) is 5.26. The molecule has 2 N–H and O–H groups in total. The van der Waals surface area contributed by atoms with Gasteiger partial charge in [-0.25, -0.2) is 4.98 Å². The molecule has 1 heterocycles. The van der Waals surface area contributed by atoms with Gasteiger partial charge in [-0.15, -0.1) is 0 Å². The van der Waals surface area contributed by atoms with E-state index in [0.717, 1.165) is 5.56 Å². The third kappa shape index (κ3) is 4.80. The van der Waals surface area contributed by atoms with Crippen LogP contribution in [0, 0.1) is 0 Å². The molecule has 3 aromatic rings. The lowest BCUT2D eigenvalue weighted by Gasteiger charge is -2.21. The van der Waals surface area contributed by atoms with E-state index in [2.05, 4.69) is 15.3 Å². The molecule has 6 nitrogen and oxygen atoms in total. The molecule has 0 spiro atoms. The van der Waals surface area contributed by atoms with Crippen molar-refractivity contribution in [2.24, 2.45) is 0 Å². The number of benzene rings is 2. The summed E-state index contributed by atoms with van der Waals surface area (Å²) < 4.78 is 0. The Morgan fingerprint density at radius 1 is 1.15 bits per heavy atom. The van der Waals surface area contributed by atoms with Crippen LogP contribution in [0.15, 0.2) is 59.4 Å². The predicted molar refractivity (Wildman–Crippen MR) is 106 cm³/mol. The van der Waals surface area contributed by atoms with Crippen molar-refractivity contribution in [1.29, 1.82) is 0 Å². The number of H-pyrrole nitrogens is 1. The number of likely N-dealkylation sites (N-methyl/N-ethyl adjacent to an activating group) is 1. The molecule has 0 fully saturated rings. The standard InChI is InChI=1S/C21H24N4O2/c1-3-25(14-20(26)22-15(2)16-9-5-4-6-10-16)13-19-23-18-12-8-7-11-17(18)21(27)24-19/h4-12,15H,3,13-14H2,1-2H3,(H,22,26)(H,23,24,27)/t15-/m1/s1. The molecule has 140 valence electrons. The van der Waals surface area contributed by atoms with Crippen molar-refractivity contribution in [2.45, 2.75) is 26.4 Å². The Morgan fingerprint density at radius 2 is 1.85 bits per heavy atom. The highest BCUT2D eigenvalue weighted by atomic mass is 16.2. The maximum absolute atomic E-state index is 12.4. The maximum atomic E-state index is 12.4. The highest BCUT2D eigenvalue weighted by molar-refractivity contribution is 5.78. The molecule has 1 amide bonds. The molecule has 27 heavy (non-hydrogen) atoms. The zero-order chi connectivity index (χ0) is 19.2. The Kier molecular flexibility index (Phi) is 5.98. The van der Waals surface area contributed by atoms with Crippen LogP contribution < -0.4 is 10.9 Å². The second-order valence-electron chi connectivity index (χ2n) is 6.53. The number of fused-ring (bicyclic) bond motifs is 1. The van der Waals surface area contributed by atoms with Crippen LogP contribution in [0.4, 0.5) is 0 Å². The Labute approximate surface area is 158 Å². The fourth-order valence-corrected chi connectivity index (χ4v) is 3.02. The molecule has 2 aromatic carbocycles. The summed E-state index contributed by atoms with van der Waals surface area (Å²) in [4.78, 5) is 33.9. The van der Waals surface area contributed by atoms with Crippen molar-refractivity contribution in [3.63, 3.8) is 0 Å². The quantitative estimate of drug-likeness (QED) is 0.676. The smallest absolute Gasteiger partial charge is 0.258 e. The number of nitrogens with one attached hydrogen (secondary N) is 2.